The second kappa shape index (κ2) is 8.97. The van der Waals surface area contributed by atoms with Crippen LogP contribution in [0.2, 0.25) is 0 Å². The average molecular weight is 470 g/mol. The van der Waals surface area contributed by atoms with Crippen LogP contribution in [0.1, 0.15) is 53.0 Å². The zero-order valence-electron chi connectivity index (χ0n) is 19.2. The number of halogens is 1. The normalized spacial score (nSPS) is 14.3. The summed E-state index contributed by atoms with van der Waals surface area (Å²) in [7, 11) is 0. The van der Waals surface area contributed by atoms with Crippen LogP contribution in [0.25, 0.3) is 0 Å². The summed E-state index contributed by atoms with van der Waals surface area (Å²) >= 11 is 1.31. The number of urea groups is 1. The number of nitrogens with zero attached hydrogens (tertiary/aromatic N) is 3. The Morgan fingerprint density at radius 2 is 1.94 bits per heavy atom. The average Bonchev–Trinajstić information content (AvgIpc) is 3.47. The SMILES string of the molecule is Cc1cc(N2CCN(Cc3ccc(F)cc3)C2=O)sc1C(=O)NCc1cc(C(C)(C)C)n[nH]1. The van der Waals surface area contributed by atoms with Crippen molar-refractivity contribution in [3.63, 3.8) is 0 Å². The van der Waals surface area contributed by atoms with Gasteiger partial charge in [0, 0.05) is 25.0 Å². The number of aromatic nitrogens is 2. The van der Waals surface area contributed by atoms with Crippen LogP contribution in [0.5, 0.6) is 0 Å². The van der Waals surface area contributed by atoms with Crippen molar-refractivity contribution in [3.05, 3.63) is 69.6 Å². The molecule has 3 heterocycles. The van der Waals surface area contributed by atoms with Gasteiger partial charge in [-0.3, -0.25) is 14.8 Å². The molecule has 0 atom stereocenters. The minimum Gasteiger partial charge on any atom is -0.346 e. The van der Waals surface area contributed by atoms with Crippen LogP contribution in [-0.2, 0) is 18.5 Å². The number of carbonyl (C=O) groups is 2. The van der Waals surface area contributed by atoms with E-state index >= 15 is 0 Å². The summed E-state index contributed by atoms with van der Waals surface area (Å²) in [5.74, 6) is -0.472. The molecule has 0 bridgehead atoms. The van der Waals surface area contributed by atoms with E-state index in [2.05, 4.69) is 36.3 Å². The molecule has 3 aromatic rings. The van der Waals surface area contributed by atoms with Gasteiger partial charge in [0.25, 0.3) is 5.91 Å². The van der Waals surface area contributed by atoms with Gasteiger partial charge in [0.05, 0.1) is 22.8 Å². The standard InChI is InChI=1S/C24H28FN5O2S/c1-15-11-20(30-10-9-29(23(30)32)14-16-5-7-17(25)8-6-16)33-21(15)22(31)26-13-18-12-19(28-27-18)24(2,3)4/h5-8,11-12H,9-10,13-14H2,1-4H3,(H,26,31)(H,27,28). The van der Waals surface area contributed by atoms with E-state index in [-0.39, 0.29) is 23.2 Å². The molecule has 7 nitrogen and oxygen atoms in total. The number of aryl methyl sites for hydroxylation is 1. The molecule has 1 saturated heterocycles. The molecule has 0 saturated carbocycles. The summed E-state index contributed by atoms with van der Waals surface area (Å²) in [6, 6.07) is 9.90. The monoisotopic (exact) mass is 469 g/mol. The van der Waals surface area contributed by atoms with E-state index in [1.807, 2.05) is 19.1 Å². The number of nitrogens with one attached hydrogen (secondary N) is 2. The highest BCUT2D eigenvalue weighted by Gasteiger charge is 2.31. The number of benzene rings is 1. The Hall–Kier alpha value is -3.20. The first-order valence-corrected chi connectivity index (χ1v) is 11.7. The predicted molar refractivity (Wildman–Crippen MR) is 127 cm³/mol. The van der Waals surface area contributed by atoms with Crippen molar-refractivity contribution in [2.24, 2.45) is 0 Å². The third-order valence-corrected chi connectivity index (χ3v) is 6.86. The zero-order valence-corrected chi connectivity index (χ0v) is 20.1. The number of hydrogen-bond acceptors (Lipinski definition) is 4. The van der Waals surface area contributed by atoms with Crippen molar-refractivity contribution in [3.8, 4) is 0 Å². The first-order valence-electron chi connectivity index (χ1n) is 10.9. The lowest BCUT2D eigenvalue weighted by atomic mass is 9.92. The van der Waals surface area contributed by atoms with Gasteiger partial charge in [0.1, 0.15) is 10.8 Å². The van der Waals surface area contributed by atoms with Crippen molar-refractivity contribution < 1.29 is 14.0 Å². The summed E-state index contributed by atoms with van der Waals surface area (Å²) < 4.78 is 13.1. The van der Waals surface area contributed by atoms with Gasteiger partial charge in [-0.2, -0.15) is 5.10 Å². The molecule has 1 fully saturated rings. The minimum absolute atomic E-state index is 0.0646. The van der Waals surface area contributed by atoms with E-state index in [0.29, 0.717) is 31.1 Å². The van der Waals surface area contributed by atoms with Crippen molar-refractivity contribution in [1.82, 2.24) is 20.4 Å². The largest absolute Gasteiger partial charge is 0.346 e. The minimum atomic E-state index is -0.296. The molecule has 4 rings (SSSR count). The van der Waals surface area contributed by atoms with Crippen molar-refractivity contribution in [1.29, 1.82) is 0 Å². The number of carbonyl (C=O) groups excluding carboxylic acids is 2. The Morgan fingerprint density at radius 1 is 1.21 bits per heavy atom. The number of H-pyrrole nitrogens is 1. The lowest BCUT2D eigenvalue weighted by molar-refractivity contribution is 0.0954. The molecule has 3 amide bonds. The number of aromatic amines is 1. The molecule has 1 aromatic carbocycles. The first-order chi connectivity index (χ1) is 15.6. The highest BCUT2D eigenvalue weighted by molar-refractivity contribution is 7.18. The zero-order chi connectivity index (χ0) is 23.8. The third-order valence-electron chi connectivity index (χ3n) is 5.60. The Balaban J connectivity index is 1.39. The maximum absolute atomic E-state index is 13.1. The summed E-state index contributed by atoms with van der Waals surface area (Å²) in [4.78, 5) is 29.8. The lowest BCUT2D eigenvalue weighted by Crippen LogP contribution is -2.31. The molecule has 2 N–H and O–H groups in total. The van der Waals surface area contributed by atoms with Gasteiger partial charge in [-0.15, -0.1) is 11.3 Å². The third kappa shape index (κ3) is 5.08. The van der Waals surface area contributed by atoms with Crippen LogP contribution in [0.15, 0.2) is 36.4 Å². The maximum Gasteiger partial charge on any atom is 0.325 e. The van der Waals surface area contributed by atoms with E-state index in [1.165, 1.54) is 23.5 Å². The topological polar surface area (TPSA) is 81.3 Å². The second-order valence-electron chi connectivity index (χ2n) is 9.29. The van der Waals surface area contributed by atoms with Gasteiger partial charge < -0.3 is 10.2 Å². The first kappa shape index (κ1) is 23.0. The van der Waals surface area contributed by atoms with Gasteiger partial charge in [-0.25, -0.2) is 9.18 Å². The van der Waals surface area contributed by atoms with Crippen LogP contribution >= 0.6 is 11.3 Å². The highest BCUT2D eigenvalue weighted by Crippen LogP contribution is 2.32. The molecule has 1 aliphatic rings. The maximum atomic E-state index is 13.1. The number of amides is 3. The Bertz CT molecular complexity index is 1160. The molecule has 2 aromatic heterocycles. The lowest BCUT2D eigenvalue weighted by Gasteiger charge is -2.17. The van der Waals surface area contributed by atoms with Gasteiger partial charge in [0.2, 0.25) is 0 Å². The molecular formula is C24H28FN5O2S. The number of thiophene rings is 1. The van der Waals surface area contributed by atoms with E-state index in [9.17, 15) is 14.0 Å². The second-order valence-corrected chi connectivity index (χ2v) is 10.3. The summed E-state index contributed by atoms with van der Waals surface area (Å²) in [5, 5.41) is 11.0. The molecule has 0 unspecified atom stereocenters. The quantitative estimate of drug-likeness (QED) is 0.554. The molecule has 33 heavy (non-hydrogen) atoms. The van der Waals surface area contributed by atoms with Gasteiger partial charge >= 0.3 is 6.03 Å². The van der Waals surface area contributed by atoms with E-state index < -0.39 is 0 Å². The van der Waals surface area contributed by atoms with E-state index in [1.54, 1.807) is 21.9 Å². The van der Waals surface area contributed by atoms with Gasteiger partial charge in [-0.1, -0.05) is 32.9 Å². The van der Waals surface area contributed by atoms with Crippen LogP contribution < -0.4 is 10.2 Å². The molecular weight excluding hydrogens is 441 g/mol. The number of hydrogen-bond donors (Lipinski definition) is 2. The fourth-order valence-electron chi connectivity index (χ4n) is 3.66. The van der Waals surface area contributed by atoms with Crippen molar-refractivity contribution in [2.75, 3.05) is 18.0 Å². The van der Waals surface area contributed by atoms with Crippen LogP contribution in [0.3, 0.4) is 0 Å². The van der Waals surface area contributed by atoms with Crippen LogP contribution in [0.4, 0.5) is 14.2 Å². The fraction of sp³-hybridized carbons (Fsp3) is 0.375. The van der Waals surface area contributed by atoms with E-state index in [4.69, 9.17) is 0 Å². The summed E-state index contributed by atoms with van der Waals surface area (Å²) in [5.41, 5.74) is 3.43. The summed E-state index contributed by atoms with van der Waals surface area (Å²) in [6.07, 6.45) is 0. The van der Waals surface area contributed by atoms with Gasteiger partial charge in [0.15, 0.2) is 0 Å². The molecule has 0 aliphatic carbocycles. The Morgan fingerprint density at radius 3 is 2.61 bits per heavy atom. The van der Waals surface area contributed by atoms with Gasteiger partial charge in [-0.05, 0) is 42.3 Å². The molecule has 0 spiro atoms. The number of anilines is 1. The van der Waals surface area contributed by atoms with Crippen LogP contribution in [-0.4, -0.2) is 40.1 Å². The van der Waals surface area contributed by atoms with Crippen LogP contribution in [0, 0.1) is 12.7 Å². The molecule has 1 aliphatic heterocycles. The predicted octanol–water partition coefficient (Wildman–Crippen LogP) is 4.59. The fourth-order valence-corrected chi connectivity index (χ4v) is 4.77. The molecule has 0 radical (unpaired) electrons. The van der Waals surface area contributed by atoms with E-state index in [0.717, 1.165) is 27.5 Å². The smallest absolute Gasteiger partial charge is 0.325 e. The number of rotatable bonds is 6. The molecule has 174 valence electrons. The highest BCUT2D eigenvalue weighted by atomic mass is 32.1. The van der Waals surface area contributed by atoms with Crippen molar-refractivity contribution in [2.45, 2.75) is 46.2 Å². The summed E-state index contributed by atoms with van der Waals surface area (Å²) in [6.45, 7) is 10.0. The van der Waals surface area contributed by atoms with Crippen molar-refractivity contribution >= 4 is 28.3 Å². The molecule has 9 heteroatoms. The Labute approximate surface area is 196 Å². The Kier molecular flexibility index (Phi) is 6.25.